The molecule has 2 aliphatic carbocycles. The number of ether oxygens (including phenoxy) is 9. The number of morpholine rings is 4. The van der Waals surface area contributed by atoms with Gasteiger partial charge in [-0.1, -0.05) is 7.43 Å². The molecule has 8 aromatic heterocycles. The molecule has 11 aromatic rings. The third kappa shape index (κ3) is 37.8. The smallest absolute Gasteiger partial charge is 0.412 e. The van der Waals surface area contributed by atoms with Gasteiger partial charge in [0.05, 0.1) is 116 Å². The Morgan fingerprint density at radius 2 is 0.840 bits per heavy atom. The average Bonchev–Trinajstić information content (AvgIpc) is 1.69. The lowest BCUT2D eigenvalue weighted by Gasteiger charge is -2.28. The van der Waals surface area contributed by atoms with Crippen LogP contribution in [-0.4, -0.2) is 312 Å². The number of non-ortho nitro benzene ring substituents is 3. The fraction of sp³-hybridized carbons (Fsp3) is 0.464. The summed E-state index contributed by atoms with van der Waals surface area (Å²) in [4.78, 5) is 128. The van der Waals surface area contributed by atoms with Crippen molar-refractivity contribution >= 4 is 98.2 Å². The molecule has 0 unspecified atom stereocenters. The zero-order chi connectivity index (χ0) is 106. The van der Waals surface area contributed by atoms with Crippen LogP contribution in [0.15, 0.2) is 145 Å². The average molecular weight is 2150 g/mol. The summed E-state index contributed by atoms with van der Waals surface area (Å²) in [6.07, 6.45) is 19.1. The van der Waals surface area contributed by atoms with Crippen LogP contribution in [0.5, 0.6) is 17.2 Å². The molecule has 5 amide bonds. The van der Waals surface area contributed by atoms with Crippen molar-refractivity contribution < 1.29 is 104 Å². The fourth-order valence-electron chi connectivity index (χ4n) is 16.1. The van der Waals surface area contributed by atoms with Gasteiger partial charge in [0.2, 0.25) is 11.9 Å². The van der Waals surface area contributed by atoms with Gasteiger partial charge in [-0.25, -0.2) is 47.9 Å². The first kappa shape index (κ1) is 117. The SMILES string of the molecule is C.CCOC1CCC(n2cc(NC(=O)c3csc(-c4cn[nH]c4)n3)c(-c3nc(F)ccc3F)n2)CC1.CCOC1CCC(n2cc(NC(=O)c3csc(-c4cnn(C(=O)NCCCN5CCOCC5)c4)n3)c(-c3nc(F)ccc3F)n2)CC1.NCCCN1CCOCC1.O=C(Cl)Oc1ccc([N+](=O)[O-])cc1.O=C(NCCCN1CCOCC1)Oc1ccc([N+](=O)[O-])cc1.O=C(NCCCN1CCOCC1)Oc1ccc([N+](=O)[O-])cc1. The number of pyridine rings is 2. The monoisotopic (exact) mass is 2150 g/mol. The summed E-state index contributed by atoms with van der Waals surface area (Å²) in [7, 11) is 0. The minimum atomic E-state index is -0.978. The number of carbonyl (C=O) groups excluding carboxylic acids is 6. The maximum atomic E-state index is 14.8. The number of anilines is 2. The van der Waals surface area contributed by atoms with Gasteiger partial charge in [0.15, 0.2) is 11.6 Å². The molecule has 4 aliphatic heterocycles. The summed E-state index contributed by atoms with van der Waals surface area (Å²) in [6.45, 7) is 25.4. The number of rotatable bonds is 35. The first-order chi connectivity index (χ1) is 72.2. The fourth-order valence-corrected chi connectivity index (χ4v) is 17.7. The zero-order valence-electron chi connectivity index (χ0n) is 81.9. The van der Waals surface area contributed by atoms with Gasteiger partial charge in [-0.2, -0.15) is 33.9 Å². The molecule has 0 bridgehead atoms. The predicted molar refractivity (Wildman–Crippen MR) is 547 cm³/mol. The number of nitro groups is 3. The molecule has 17 rings (SSSR count). The molecular formula is C97H122ClF4N25O21S2. The molecule has 8 N–H and O–H groups in total. The number of benzene rings is 3. The van der Waals surface area contributed by atoms with E-state index in [1.807, 2.05) is 13.8 Å². The number of thiazole rings is 2. The Kier molecular flexibility index (Phi) is 47.7. The molecular weight excluding hydrogens is 2030 g/mol. The predicted octanol–water partition coefficient (Wildman–Crippen LogP) is 14.9. The summed E-state index contributed by atoms with van der Waals surface area (Å²) in [5, 5.41) is 69.1. The van der Waals surface area contributed by atoms with E-state index in [1.165, 1.54) is 106 Å². The largest absolute Gasteiger partial charge is 0.414 e. The highest BCUT2D eigenvalue weighted by molar-refractivity contribution is 7.13. The second-order valence-corrected chi connectivity index (χ2v) is 36.1. The van der Waals surface area contributed by atoms with Crippen LogP contribution in [0.3, 0.4) is 0 Å². The molecule has 4 saturated heterocycles. The van der Waals surface area contributed by atoms with Gasteiger partial charge < -0.3 is 74.9 Å². The Labute approximate surface area is 873 Å². The van der Waals surface area contributed by atoms with Crippen molar-refractivity contribution in [1.29, 1.82) is 0 Å². The molecule has 6 aliphatic rings. The van der Waals surface area contributed by atoms with E-state index in [-0.39, 0.29) is 118 Å². The van der Waals surface area contributed by atoms with Gasteiger partial charge in [0.25, 0.3) is 28.9 Å². The molecule has 46 nitrogen and oxygen atoms in total. The standard InChI is InChI=1S/C31H37F2N9O4S.C23H23F2N7O2S.2C14H19N3O5.C7H4ClNO4.C7H16N2O.CH4/c1-2-46-22-6-4-21(5-7-22)41-18-24(28(39-41)27-23(32)8-9-26(33)38-27)36-29(43)25-19-47-30(37-25)20-16-35-42(17-20)31(44)34-10-3-11-40-12-14-45-15-13-40;1-2-34-15-5-3-14(4-6-15)32-11-17(21(31-32)20-16(24)7-8-19(25)30-20)28-22(33)18-12-35-23(29-18)13-9-26-27-10-13;2*18-14(15-6-1-7-16-8-10-21-11-9-16)22-13-4-2-12(3-5-13)17(19)20;8-7(10)13-6-3-1-5(2-4-6)9(11)12;8-2-1-3-9-4-6-10-7-5-9;/h8-9,16-19,21-22H,2-7,10-15H2,1H3,(H,34,44)(H,36,43);7-12,14-15H,2-6H2,1H3,(H,26,27)(H,28,33);2*2-5H,1,6-11H2,(H,15,18);1-4H;1-8H2;1H4. The van der Waals surface area contributed by atoms with E-state index >= 15 is 0 Å². The van der Waals surface area contributed by atoms with Gasteiger partial charge in [-0.3, -0.25) is 74.0 Å². The maximum Gasteiger partial charge on any atom is 0.412 e. The second-order valence-electron chi connectivity index (χ2n) is 34.1. The molecule has 0 atom stereocenters. The molecule has 2 saturated carbocycles. The normalized spacial score (nSPS) is 16.8. The van der Waals surface area contributed by atoms with Crippen molar-refractivity contribution in [3.63, 3.8) is 0 Å². The number of hydrogen-bond donors (Lipinski definition) is 7. The van der Waals surface area contributed by atoms with Crippen molar-refractivity contribution in [2.45, 2.75) is 123 Å². The molecule has 53 heteroatoms. The Morgan fingerprint density at radius 3 is 1.19 bits per heavy atom. The summed E-state index contributed by atoms with van der Waals surface area (Å²) in [5.74, 6) is -3.53. The van der Waals surface area contributed by atoms with Crippen LogP contribution in [0.4, 0.5) is 65.2 Å². The van der Waals surface area contributed by atoms with Crippen LogP contribution in [-0.2, 0) is 28.4 Å². The van der Waals surface area contributed by atoms with E-state index in [0.29, 0.717) is 48.4 Å². The van der Waals surface area contributed by atoms with Gasteiger partial charge >= 0.3 is 23.6 Å². The zero-order valence-corrected chi connectivity index (χ0v) is 84.3. The third-order valence-electron chi connectivity index (χ3n) is 23.8. The van der Waals surface area contributed by atoms with Crippen LogP contribution in [0.25, 0.3) is 43.9 Å². The number of nitro benzene ring substituents is 3. The van der Waals surface area contributed by atoms with Crippen molar-refractivity contribution in [3.8, 4) is 61.2 Å². The Bertz CT molecular complexity index is 5980. The highest BCUT2D eigenvalue weighted by Gasteiger charge is 2.32. The lowest BCUT2D eigenvalue weighted by Crippen LogP contribution is -2.38. The molecule has 0 spiro atoms. The van der Waals surface area contributed by atoms with Crippen LogP contribution < -0.4 is 46.5 Å². The van der Waals surface area contributed by atoms with Crippen molar-refractivity contribution in [3.05, 3.63) is 210 Å². The highest BCUT2D eigenvalue weighted by atomic mass is 35.5. The molecule has 150 heavy (non-hydrogen) atoms. The third-order valence-corrected chi connectivity index (χ3v) is 25.6. The van der Waals surface area contributed by atoms with E-state index in [9.17, 15) is 76.7 Å². The van der Waals surface area contributed by atoms with E-state index < -0.39 is 67.7 Å². The number of nitrogens with two attached hydrogens (primary N) is 1. The van der Waals surface area contributed by atoms with E-state index in [1.54, 1.807) is 51.1 Å². The highest BCUT2D eigenvalue weighted by Crippen LogP contribution is 2.38. The van der Waals surface area contributed by atoms with Gasteiger partial charge in [0, 0.05) is 180 Å². The van der Waals surface area contributed by atoms with E-state index in [4.69, 9.17) is 55.2 Å². The lowest BCUT2D eigenvalue weighted by atomic mass is 9.93. The Balaban J connectivity index is 0.000000183. The van der Waals surface area contributed by atoms with Crippen molar-refractivity contribution in [1.82, 2.24) is 95.0 Å². The summed E-state index contributed by atoms with van der Waals surface area (Å²) in [6, 6.07) is 19.3. The molecule has 12 heterocycles. The summed E-state index contributed by atoms with van der Waals surface area (Å²) in [5.41, 5.74) is 5.82. The second kappa shape index (κ2) is 61.4. The van der Waals surface area contributed by atoms with Gasteiger partial charge in [0.1, 0.15) is 61.4 Å². The number of H-pyrrole nitrogens is 1. The number of aromatic nitrogens is 12. The Hall–Kier alpha value is -13.8. The molecule has 3 aromatic carbocycles. The number of nitrogens with zero attached hydrogens (tertiary/aromatic N) is 18. The summed E-state index contributed by atoms with van der Waals surface area (Å²) >= 11 is 7.43. The molecule has 808 valence electrons. The number of hydrogen-bond acceptors (Lipinski definition) is 36. The number of carbonyl (C=O) groups is 6. The lowest BCUT2D eigenvalue weighted by molar-refractivity contribution is -0.385. The van der Waals surface area contributed by atoms with Gasteiger partial charge in [-0.05, 0) is 184 Å². The van der Waals surface area contributed by atoms with Crippen LogP contribution in [0, 0.1) is 53.9 Å². The quantitative estimate of drug-likeness (QED) is 0.00484. The minimum absolute atomic E-state index is 0. The first-order valence-electron chi connectivity index (χ1n) is 48.6. The van der Waals surface area contributed by atoms with E-state index in [2.05, 4.69) is 96.3 Å². The minimum Gasteiger partial charge on any atom is -0.414 e. The van der Waals surface area contributed by atoms with Crippen LogP contribution in [0.1, 0.15) is 131 Å². The number of halogens is 5. The number of aromatic amines is 1. The van der Waals surface area contributed by atoms with Crippen LogP contribution >= 0.6 is 34.3 Å². The van der Waals surface area contributed by atoms with Crippen molar-refractivity contribution in [2.24, 2.45) is 5.73 Å². The van der Waals surface area contributed by atoms with Crippen molar-refractivity contribution in [2.75, 3.05) is 181 Å². The summed E-state index contributed by atoms with van der Waals surface area (Å²) < 4.78 is 109. The van der Waals surface area contributed by atoms with Gasteiger partial charge in [-0.15, -0.1) is 22.7 Å². The topological polar surface area (TPSA) is 548 Å². The molecule has 6 fully saturated rings. The van der Waals surface area contributed by atoms with E-state index in [0.717, 1.165) is 245 Å². The number of amides is 5. The van der Waals surface area contributed by atoms with Crippen LogP contribution in [0.2, 0.25) is 0 Å². The number of nitrogens with one attached hydrogen (secondary N) is 6. The molecule has 0 radical (unpaired) electrons. The first-order valence-corrected chi connectivity index (χ1v) is 50.7. The Morgan fingerprint density at radius 1 is 0.473 bits per heavy atom. The maximum absolute atomic E-state index is 14.8.